The number of rotatable bonds is 2. The molecular formula is C13H14ClN3O. The number of aromatic nitrogens is 2. The van der Waals surface area contributed by atoms with Crippen LogP contribution in [0, 0.1) is 12.8 Å². The third-order valence-electron chi connectivity index (χ3n) is 3.45. The number of nitrogens with one attached hydrogen (secondary N) is 1. The van der Waals surface area contributed by atoms with Gasteiger partial charge in [-0.15, -0.1) is 0 Å². The summed E-state index contributed by atoms with van der Waals surface area (Å²) in [5, 5.41) is 4.15. The van der Waals surface area contributed by atoms with Crippen molar-refractivity contribution in [2.24, 2.45) is 5.92 Å². The van der Waals surface area contributed by atoms with Gasteiger partial charge in [-0.05, 0) is 30.2 Å². The highest BCUT2D eigenvalue weighted by atomic mass is 35.5. The smallest absolute Gasteiger partial charge is 0.262 e. The zero-order valence-electron chi connectivity index (χ0n) is 10.1. The Morgan fingerprint density at radius 2 is 2.28 bits per heavy atom. The molecule has 3 rings (SSSR count). The van der Waals surface area contributed by atoms with E-state index < -0.39 is 0 Å². The SMILES string of the molecule is Cc1cccc2nc(Cl)n(CC3CNC3)c(=O)c12. The van der Waals surface area contributed by atoms with Crippen molar-refractivity contribution in [3.05, 3.63) is 39.4 Å². The molecule has 1 aromatic carbocycles. The third kappa shape index (κ3) is 1.82. The van der Waals surface area contributed by atoms with Crippen molar-refractivity contribution in [1.29, 1.82) is 0 Å². The number of hydrogen-bond acceptors (Lipinski definition) is 3. The maximum atomic E-state index is 12.5. The summed E-state index contributed by atoms with van der Waals surface area (Å²) in [6, 6.07) is 5.64. The average Bonchev–Trinajstić information content (AvgIpc) is 2.26. The van der Waals surface area contributed by atoms with Crippen LogP contribution < -0.4 is 10.9 Å². The van der Waals surface area contributed by atoms with E-state index in [1.165, 1.54) is 0 Å². The van der Waals surface area contributed by atoms with Crippen LogP contribution in [-0.4, -0.2) is 22.6 Å². The first-order valence-corrected chi connectivity index (χ1v) is 6.41. The third-order valence-corrected chi connectivity index (χ3v) is 3.74. The average molecular weight is 264 g/mol. The van der Waals surface area contributed by atoms with Gasteiger partial charge in [-0.1, -0.05) is 12.1 Å². The van der Waals surface area contributed by atoms with Crippen LogP contribution in [0.25, 0.3) is 10.9 Å². The molecule has 2 heterocycles. The number of fused-ring (bicyclic) bond motifs is 1. The van der Waals surface area contributed by atoms with Gasteiger partial charge >= 0.3 is 0 Å². The van der Waals surface area contributed by atoms with Gasteiger partial charge in [0, 0.05) is 25.6 Å². The highest BCUT2D eigenvalue weighted by Crippen LogP contribution is 2.16. The highest BCUT2D eigenvalue weighted by Gasteiger charge is 2.20. The zero-order chi connectivity index (χ0) is 12.7. The van der Waals surface area contributed by atoms with Crippen LogP contribution in [0.4, 0.5) is 0 Å². The predicted molar refractivity (Wildman–Crippen MR) is 72.1 cm³/mol. The van der Waals surface area contributed by atoms with Gasteiger partial charge in [0.05, 0.1) is 10.9 Å². The maximum Gasteiger partial charge on any atom is 0.262 e. The van der Waals surface area contributed by atoms with Crippen LogP contribution in [-0.2, 0) is 6.54 Å². The van der Waals surface area contributed by atoms with Gasteiger partial charge in [0.1, 0.15) is 0 Å². The number of halogens is 1. The van der Waals surface area contributed by atoms with E-state index >= 15 is 0 Å². The molecule has 18 heavy (non-hydrogen) atoms. The lowest BCUT2D eigenvalue weighted by atomic mass is 10.0. The van der Waals surface area contributed by atoms with Gasteiger partial charge < -0.3 is 5.32 Å². The molecule has 0 bridgehead atoms. The van der Waals surface area contributed by atoms with Gasteiger partial charge in [-0.25, -0.2) is 4.98 Å². The molecule has 1 saturated heterocycles. The molecule has 0 atom stereocenters. The van der Waals surface area contributed by atoms with Crippen LogP contribution in [0.15, 0.2) is 23.0 Å². The molecule has 0 spiro atoms. The molecule has 0 radical (unpaired) electrons. The van der Waals surface area contributed by atoms with E-state index in [0.717, 1.165) is 18.7 Å². The molecule has 0 amide bonds. The van der Waals surface area contributed by atoms with Crippen molar-refractivity contribution < 1.29 is 0 Å². The summed E-state index contributed by atoms with van der Waals surface area (Å²) in [6.45, 7) is 4.44. The maximum absolute atomic E-state index is 12.5. The van der Waals surface area contributed by atoms with Crippen LogP contribution in [0.3, 0.4) is 0 Å². The van der Waals surface area contributed by atoms with E-state index in [1.807, 2.05) is 25.1 Å². The Morgan fingerprint density at radius 3 is 2.94 bits per heavy atom. The Kier molecular flexibility index (Phi) is 2.84. The summed E-state index contributed by atoms with van der Waals surface area (Å²) in [4.78, 5) is 16.8. The lowest BCUT2D eigenvalue weighted by molar-refractivity contribution is 0.303. The Morgan fingerprint density at radius 1 is 1.50 bits per heavy atom. The van der Waals surface area contributed by atoms with Crippen molar-refractivity contribution in [2.75, 3.05) is 13.1 Å². The molecule has 1 aliphatic heterocycles. The Labute approximate surface area is 110 Å². The number of benzene rings is 1. The van der Waals surface area contributed by atoms with E-state index in [1.54, 1.807) is 4.57 Å². The van der Waals surface area contributed by atoms with Crippen LogP contribution in [0.5, 0.6) is 0 Å². The minimum atomic E-state index is -0.0324. The van der Waals surface area contributed by atoms with Gasteiger partial charge in [-0.2, -0.15) is 0 Å². The summed E-state index contributed by atoms with van der Waals surface area (Å²) >= 11 is 6.12. The summed E-state index contributed by atoms with van der Waals surface area (Å²) in [7, 11) is 0. The van der Waals surface area contributed by atoms with Crippen molar-refractivity contribution in [2.45, 2.75) is 13.5 Å². The van der Waals surface area contributed by atoms with Crippen molar-refractivity contribution in [3.8, 4) is 0 Å². The number of nitrogens with zero attached hydrogens (tertiary/aromatic N) is 2. The first kappa shape index (κ1) is 11.7. The molecule has 0 aliphatic carbocycles. The second kappa shape index (κ2) is 4.37. The molecule has 5 heteroatoms. The first-order chi connectivity index (χ1) is 8.66. The van der Waals surface area contributed by atoms with Crippen molar-refractivity contribution >= 4 is 22.5 Å². The lowest BCUT2D eigenvalue weighted by Crippen LogP contribution is -2.45. The molecule has 1 fully saturated rings. The standard InChI is InChI=1S/C13H14ClN3O/c1-8-3-2-4-10-11(8)12(18)17(13(14)16-10)7-9-5-15-6-9/h2-4,9,15H,5-7H2,1H3. The van der Waals surface area contributed by atoms with E-state index in [9.17, 15) is 4.79 Å². The monoisotopic (exact) mass is 263 g/mol. The van der Waals surface area contributed by atoms with E-state index in [-0.39, 0.29) is 10.8 Å². The Balaban J connectivity index is 2.19. The first-order valence-electron chi connectivity index (χ1n) is 6.03. The van der Waals surface area contributed by atoms with E-state index in [4.69, 9.17) is 11.6 Å². The molecular weight excluding hydrogens is 250 g/mol. The highest BCUT2D eigenvalue weighted by molar-refractivity contribution is 6.28. The minimum Gasteiger partial charge on any atom is -0.316 e. The molecule has 1 N–H and O–H groups in total. The van der Waals surface area contributed by atoms with Gasteiger partial charge in [0.15, 0.2) is 0 Å². The fraction of sp³-hybridized carbons (Fsp3) is 0.385. The van der Waals surface area contributed by atoms with Crippen LogP contribution in [0.2, 0.25) is 5.28 Å². The molecule has 4 nitrogen and oxygen atoms in total. The Hall–Kier alpha value is -1.39. The fourth-order valence-corrected chi connectivity index (χ4v) is 2.53. The van der Waals surface area contributed by atoms with Crippen molar-refractivity contribution in [1.82, 2.24) is 14.9 Å². The van der Waals surface area contributed by atoms with E-state index in [2.05, 4.69) is 10.3 Å². The van der Waals surface area contributed by atoms with Gasteiger partial charge in [-0.3, -0.25) is 9.36 Å². The summed E-state index contributed by atoms with van der Waals surface area (Å²) < 4.78 is 1.59. The van der Waals surface area contributed by atoms with Crippen LogP contribution in [0.1, 0.15) is 5.56 Å². The van der Waals surface area contributed by atoms with Crippen LogP contribution >= 0.6 is 11.6 Å². The van der Waals surface area contributed by atoms with Crippen molar-refractivity contribution in [3.63, 3.8) is 0 Å². The predicted octanol–water partition coefficient (Wildman–Crippen LogP) is 1.58. The second-order valence-corrected chi connectivity index (χ2v) is 5.13. The Bertz CT molecular complexity index is 661. The zero-order valence-corrected chi connectivity index (χ0v) is 10.9. The quantitative estimate of drug-likeness (QED) is 0.837. The summed E-state index contributed by atoms with van der Waals surface area (Å²) in [6.07, 6.45) is 0. The summed E-state index contributed by atoms with van der Waals surface area (Å²) in [5.41, 5.74) is 1.59. The molecule has 94 valence electrons. The van der Waals surface area contributed by atoms with Gasteiger partial charge in [0.25, 0.3) is 5.56 Å². The largest absolute Gasteiger partial charge is 0.316 e. The second-order valence-electron chi connectivity index (χ2n) is 4.79. The minimum absolute atomic E-state index is 0.0324. The molecule has 2 aromatic rings. The molecule has 1 aliphatic rings. The lowest BCUT2D eigenvalue weighted by Gasteiger charge is -2.27. The van der Waals surface area contributed by atoms with Gasteiger partial charge in [0.2, 0.25) is 5.28 Å². The molecule has 1 aromatic heterocycles. The number of hydrogen-bond donors (Lipinski definition) is 1. The molecule has 0 saturated carbocycles. The molecule has 0 unspecified atom stereocenters. The topological polar surface area (TPSA) is 46.9 Å². The summed E-state index contributed by atoms with van der Waals surface area (Å²) in [5.74, 6) is 0.475. The fourth-order valence-electron chi connectivity index (χ4n) is 2.30. The normalized spacial score (nSPS) is 15.9. The van der Waals surface area contributed by atoms with E-state index in [0.29, 0.717) is 23.4 Å². The number of aryl methyl sites for hydroxylation is 1.